The van der Waals surface area contributed by atoms with Crippen molar-refractivity contribution in [3.05, 3.63) is 35.4 Å². The lowest BCUT2D eigenvalue weighted by Crippen LogP contribution is -2.42. The molecule has 1 fully saturated rings. The van der Waals surface area contributed by atoms with Crippen LogP contribution in [-0.2, 0) is 6.42 Å². The molecular formula is C20H31N. The van der Waals surface area contributed by atoms with E-state index < -0.39 is 0 Å². The SMILES string of the molecule is CCNC(C1CCCCCC1)C1CCCc2ccccc21. The Morgan fingerprint density at radius 1 is 1.00 bits per heavy atom. The highest BCUT2D eigenvalue weighted by Gasteiger charge is 2.32. The molecule has 1 nitrogen and oxygen atoms in total. The Kier molecular flexibility index (Phi) is 5.35. The first-order valence-electron chi connectivity index (χ1n) is 9.21. The van der Waals surface area contributed by atoms with Gasteiger partial charge in [-0.15, -0.1) is 0 Å². The van der Waals surface area contributed by atoms with Gasteiger partial charge in [-0.1, -0.05) is 56.9 Å². The summed E-state index contributed by atoms with van der Waals surface area (Å²) in [6.07, 6.45) is 12.7. The van der Waals surface area contributed by atoms with E-state index in [-0.39, 0.29) is 0 Å². The molecule has 2 aliphatic carbocycles. The van der Waals surface area contributed by atoms with E-state index in [0.29, 0.717) is 6.04 Å². The van der Waals surface area contributed by atoms with Crippen LogP contribution in [0.4, 0.5) is 0 Å². The molecule has 1 saturated carbocycles. The zero-order valence-electron chi connectivity index (χ0n) is 13.6. The molecule has 21 heavy (non-hydrogen) atoms. The van der Waals surface area contributed by atoms with Crippen molar-refractivity contribution >= 4 is 0 Å². The number of hydrogen-bond donors (Lipinski definition) is 1. The molecule has 2 aliphatic rings. The highest BCUT2D eigenvalue weighted by molar-refractivity contribution is 5.34. The topological polar surface area (TPSA) is 12.0 Å². The van der Waals surface area contributed by atoms with Gasteiger partial charge < -0.3 is 5.32 Å². The van der Waals surface area contributed by atoms with Gasteiger partial charge in [0.15, 0.2) is 0 Å². The van der Waals surface area contributed by atoms with Gasteiger partial charge in [0.25, 0.3) is 0 Å². The summed E-state index contributed by atoms with van der Waals surface area (Å²) in [5.41, 5.74) is 3.27. The van der Waals surface area contributed by atoms with Crippen LogP contribution in [0.3, 0.4) is 0 Å². The molecule has 1 heteroatoms. The van der Waals surface area contributed by atoms with Crippen molar-refractivity contribution in [2.75, 3.05) is 6.54 Å². The highest BCUT2D eigenvalue weighted by Crippen LogP contribution is 2.39. The average molecular weight is 285 g/mol. The molecule has 2 unspecified atom stereocenters. The molecule has 2 atom stereocenters. The fourth-order valence-electron chi connectivity index (χ4n) is 4.71. The highest BCUT2D eigenvalue weighted by atomic mass is 14.9. The second-order valence-electron chi connectivity index (χ2n) is 7.03. The summed E-state index contributed by atoms with van der Waals surface area (Å²) >= 11 is 0. The Bertz CT molecular complexity index is 431. The molecule has 0 aliphatic heterocycles. The largest absolute Gasteiger partial charge is 0.313 e. The van der Waals surface area contributed by atoms with Gasteiger partial charge in [-0.05, 0) is 61.6 Å². The lowest BCUT2D eigenvalue weighted by atomic mass is 9.73. The molecule has 116 valence electrons. The van der Waals surface area contributed by atoms with Crippen LogP contribution in [0.25, 0.3) is 0 Å². The van der Waals surface area contributed by atoms with Crippen LogP contribution in [0.2, 0.25) is 0 Å². The van der Waals surface area contributed by atoms with Crippen molar-refractivity contribution in [2.45, 2.75) is 76.7 Å². The lowest BCUT2D eigenvalue weighted by Gasteiger charge is -2.37. The van der Waals surface area contributed by atoms with Gasteiger partial charge in [-0.2, -0.15) is 0 Å². The maximum absolute atomic E-state index is 3.89. The average Bonchev–Trinajstić information content (AvgIpc) is 2.81. The molecule has 0 saturated heterocycles. The molecule has 0 radical (unpaired) electrons. The van der Waals surface area contributed by atoms with Gasteiger partial charge in [-0.25, -0.2) is 0 Å². The Labute approximate surface area is 130 Å². The lowest BCUT2D eigenvalue weighted by molar-refractivity contribution is 0.266. The van der Waals surface area contributed by atoms with Crippen LogP contribution in [0.1, 0.15) is 75.3 Å². The van der Waals surface area contributed by atoms with Crippen molar-refractivity contribution in [2.24, 2.45) is 5.92 Å². The van der Waals surface area contributed by atoms with E-state index in [0.717, 1.165) is 18.4 Å². The van der Waals surface area contributed by atoms with Gasteiger partial charge in [0.05, 0.1) is 0 Å². The monoisotopic (exact) mass is 285 g/mol. The summed E-state index contributed by atoms with van der Waals surface area (Å²) in [4.78, 5) is 0. The van der Waals surface area contributed by atoms with Gasteiger partial charge >= 0.3 is 0 Å². The standard InChI is InChI=1S/C20H31N/c1-2-21-20(17-11-5-3-4-6-12-17)19-15-9-13-16-10-7-8-14-18(16)19/h7-8,10,14,17,19-21H,2-6,9,11-13,15H2,1H3. The number of likely N-dealkylation sites (N-methyl/N-ethyl adjacent to an activating group) is 1. The fraction of sp³-hybridized carbons (Fsp3) is 0.700. The van der Waals surface area contributed by atoms with Crippen molar-refractivity contribution < 1.29 is 0 Å². The minimum atomic E-state index is 0.703. The first kappa shape index (κ1) is 15.1. The molecule has 0 aromatic heterocycles. The molecular weight excluding hydrogens is 254 g/mol. The van der Waals surface area contributed by atoms with Gasteiger partial charge in [0, 0.05) is 6.04 Å². The van der Waals surface area contributed by atoms with E-state index in [1.807, 2.05) is 0 Å². The van der Waals surface area contributed by atoms with E-state index in [1.165, 1.54) is 57.8 Å². The van der Waals surface area contributed by atoms with Crippen LogP contribution in [0.15, 0.2) is 24.3 Å². The third-order valence-electron chi connectivity index (χ3n) is 5.70. The second kappa shape index (κ2) is 7.45. The summed E-state index contributed by atoms with van der Waals surface area (Å²) in [6, 6.07) is 9.93. The number of fused-ring (bicyclic) bond motifs is 1. The van der Waals surface area contributed by atoms with E-state index in [1.54, 1.807) is 11.1 Å². The quantitative estimate of drug-likeness (QED) is 0.763. The molecule has 0 spiro atoms. The minimum absolute atomic E-state index is 0.703. The molecule has 3 rings (SSSR count). The maximum Gasteiger partial charge on any atom is 0.0164 e. The van der Waals surface area contributed by atoms with Gasteiger partial charge in [0.1, 0.15) is 0 Å². The number of hydrogen-bond acceptors (Lipinski definition) is 1. The summed E-state index contributed by atoms with van der Waals surface area (Å²) in [7, 11) is 0. The summed E-state index contributed by atoms with van der Waals surface area (Å²) in [6.45, 7) is 3.39. The summed E-state index contributed by atoms with van der Waals surface area (Å²) in [5.74, 6) is 1.64. The smallest absolute Gasteiger partial charge is 0.0164 e. The first-order valence-corrected chi connectivity index (χ1v) is 9.21. The number of benzene rings is 1. The van der Waals surface area contributed by atoms with Crippen molar-refractivity contribution in [3.63, 3.8) is 0 Å². The Morgan fingerprint density at radius 3 is 2.52 bits per heavy atom. The minimum Gasteiger partial charge on any atom is -0.313 e. The Hall–Kier alpha value is -0.820. The van der Waals surface area contributed by atoms with Crippen molar-refractivity contribution in [1.82, 2.24) is 5.32 Å². The number of aryl methyl sites for hydroxylation is 1. The third-order valence-corrected chi connectivity index (χ3v) is 5.70. The molecule has 0 amide bonds. The van der Waals surface area contributed by atoms with Gasteiger partial charge in [0.2, 0.25) is 0 Å². The van der Waals surface area contributed by atoms with Crippen LogP contribution >= 0.6 is 0 Å². The number of nitrogens with one attached hydrogen (secondary N) is 1. The normalized spacial score (nSPS) is 25.1. The summed E-state index contributed by atoms with van der Waals surface area (Å²) in [5, 5.41) is 3.89. The zero-order valence-corrected chi connectivity index (χ0v) is 13.6. The number of rotatable bonds is 4. The molecule has 0 heterocycles. The van der Waals surface area contributed by atoms with E-state index >= 15 is 0 Å². The predicted molar refractivity (Wildman–Crippen MR) is 90.8 cm³/mol. The van der Waals surface area contributed by atoms with Crippen molar-refractivity contribution in [1.29, 1.82) is 0 Å². The van der Waals surface area contributed by atoms with Crippen LogP contribution in [-0.4, -0.2) is 12.6 Å². The molecule has 1 aromatic carbocycles. The fourth-order valence-corrected chi connectivity index (χ4v) is 4.71. The Balaban J connectivity index is 1.83. The maximum atomic E-state index is 3.89. The van der Waals surface area contributed by atoms with Crippen LogP contribution in [0, 0.1) is 5.92 Å². The third kappa shape index (κ3) is 3.51. The molecule has 1 N–H and O–H groups in total. The van der Waals surface area contributed by atoms with E-state index in [9.17, 15) is 0 Å². The first-order chi connectivity index (χ1) is 10.4. The molecule has 1 aromatic rings. The van der Waals surface area contributed by atoms with Crippen molar-refractivity contribution in [3.8, 4) is 0 Å². The van der Waals surface area contributed by atoms with Crippen LogP contribution in [0.5, 0.6) is 0 Å². The van der Waals surface area contributed by atoms with Gasteiger partial charge in [-0.3, -0.25) is 0 Å². The second-order valence-corrected chi connectivity index (χ2v) is 7.03. The Morgan fingerprint density at radius 2 is 1.76 bits per heavy atom. The zero-order chi connectivity index (χ0) is 14.5. The predicted octanol–water partition coefficient (Wildman–Crippen LogP) is 5.06. The van der Waals surface area contributed by atoms with E-state index in [4.69, 9.17) is 0 Å². The summed E-state index contributed by atoms with van der Waals surface area (Å²) < 4.78 is 0. The van der Waals surface area contributed by atoms with Crippen LogP contribution < -0.4 is 5.32 Å². The van der Waals surface area contributed by atoms with E-state index in [2.05, 4.69) is 36.5 Å². The molecule has 0 bridgehead atoms.